The molecule has 0 atom stereocenters. The van der Waals surface area contributed by atoms with Crippen LogP contribution < -0.4 is 10.5 Å². The van der Waals surface area contributed by atoms with Crippen molar-refractivity contribution in [2.75, 3.05) is 0 Å². The van der Waals surface area contributed by atoms with E-state index in [-0.39, 0.29) is 17.8 Å². The lowest BCUT2D eigenvalue weighted by molar-refractivity contribution is -0.275. The Morgan fingerprint density at radius 1 is 1.56 bits per heavy atom. The lowest BCUT2D eigenvalue weighted by Crippen LogP contribution is -2.21. The fourth-order valence-electron chi connectivity index (χ4n) is 1.26. The van der Waals surface area contributed by atoms with Crippen LogP contribution in [-0.4, -0.2) is 22.4 Å². The first-order valence-electron chi connectivity index (χ1n) is 4.59. The molecule has 1 aromatic heterocycles. The number of carbonyl (C=O) groups is 1. The molecule has 0 aromatic carbocycles. The molecule has 0 amide bonds. The molecule has 1 aromatic rings. The largest absolute Gasteiger partial charge is 0.573 e. The molecule has 5 nitrogen and oxygen atoms in total. The molecule has 0 bridgehead atoms. The summed E-state index contributed by atoms with van der Waals surface area (Å²) in [6.07, 6.45) is -5.60. The first-order chi connectivity index (χ1) is 8.23. The number of carboxylic acid groups (broad SMARTS) is 1. The van der Waals surface area contributed by atoms with Gasteiger partial charge in [0.05, 0.1) is 12.1 Å². The van der Waals surface area contributed by atoms with Crippen LogP contribution in [0.15, 0.2) is 6.07 Å². The summed E-state index contributed by atoms with van der Waals surface area (Å²) in [5, 5.41) is 8.63. The van der Waals surface area contributed by atoms with Crippen molar-refractivity contribution in [2.24, 2.45) is 5.73 Å². The third-order valence-corrected chi connectivity index (χ3v) is 2.40. The van der Waals surface area contributed by atoms with Crippen molar-refractivity contribution in [3.8, 4) is 5.75 Å². The zero-order valence-electron chi connectivity index (χ0n) is 8.79. The van der Waals surface area contributed by atoms with Gasteiger partial charge in [-0.15, -0.1) is 13.2 Å². The van der Waals surface area contributed by atoms with Crippen LogP contribution in [0.25, 0.3) is 0 Å². The number of nitrogens with zero attached hydrogens (tertiary/aromatic N) is 1. The van der Waals surface area contributed by atoms with Gasteiger partial charge in [-0.3, -0.25) is 4.79 Å². The van der Waals surface area contributed by atoms with Crippen LogP contribution in [0.5, 0.6) is 5.75 Å². The number of nitrogens with two attached hydrogens (primary N) is 1. The van der Waals surface area contributed by atoms with Gasteiger partial charge >= 0.3 is 12.3 Å². The Kier molecular flexibility index (Phi) is 4.73. The van der Waals surface area contributed by atoms with Crippen molar-refractivity contribution < 1.29 is 27.8 Å². The second-order valence-corrected chi connectivity index (χ2v) is 4.31. The number of hydrogen-bond donors (Lipinski definition) is 2. The highest BCUT2D eigenvalue weighted by Gasteiger charge is 2.34. The van der Waals surface area contributed by atoms with Crippen LogP contribution in [0.3, 0.4) is 0 Å². The highest BCUT2D eigenvalue weighted by molar-refractivity contribution is 14.1. The number of hydrogen-bond acceptors (Lipinski definition) is 4. The Labute approximate surface area is 113 Å². The highest BCUT2D eigenvalue weighted by Crippen LogP contribution is 2.30. The summed E-state index contributed by atoms with van der Waals surface area (Å²) < 4.78 is 40.9. The normalized spacial score (nSPS) is 11.4. The van der Waals surface area contributed by atoms with E-state index in [4.69, 9.17) is 10.8 Å². The van der Waals surface area contributed by atoms with Crippen molar-refractivity contribution in [3.05, 3.63) is 21.0 Å². The summed E-state index contributed by atoms with van der Waals surface area (Å²) in [7, 11) is 0. The summed E-state index contributed by atoms with van der Waals surface area (Å²) >= 11 is 1.76. The molecule has 9 heteroatoms. The smallest absolute Gasteiger partial charge is 0.481 e. The molecule has 18 heavy (non-hydrogen) atoms. The predicted octanol–water partition coefficient (Wildman–Crippen LogP) is 1.67. The molecule has 0 saturated heterocycles. The molecule has 0 unspecified atom stereocenters. The van der Waals surface area contributed by atoms with Gasteiger partial charge in [-0.2, -0.15) is 0 Å². The minimum Gasteiger partial charge on any atom is -0.481 e. The van der Waals surface area contributed by atoms with E-state index in [0.717, 1.165) is 0 Å². The molecule has 0 aliphatic heterocycles. The fraction of sp³-hybridized carbons (Fsp3) is 0.333. The zero-order valence-corrected chi connectivity index (χ0v) is 10.9. The van der Waals surface area contributed by atoms with Gasteiger partial charge in [0, 0.05) is 12.1 Å². The van der Waals surface area contributed by atoms with Crippen LogP contribution in [-0.2, 0) is 17.8 Å². The number of aromatic nitrogens is 1. The third-order valence-electron chi connectivity index (χ3n) is 1.85. The van der Waals surface area contributed by atoms with Gasteiger partial charge in [0.1, 0.15) is 3.70 Å². The van der Waals surface area contributed by atoms with E-state index in [1.54, 1.807) is 22.6 Å². The van der Waals surface area contributed by atoms with Crippen molar-refractivity contribution in [1.82, 2.24) is 4.98 Å². The molecule has 1 rings (SSSR count). The van der Waals surface area contributed by atoms with Gasteiger partial charge in [-0.25, -0.2) is 4.98 Å². The number of alkyl halides is 3. The van der Waals surface area contributed by atoms with E-state index in [9.17, 15) is 18.0 Å². The van der Waals surface area contributed by atoms with Crippen LogP contribution >= 0.6 is 22.6 Å². The number of aliphatic carboxylic acids is 1. The molecule has 0 spiro atoms. The van der Waals surface area contributed by atoms with Crippen LogP contribution in [0.2, 0.25) is 0 Å². The standard InChI is InChI=1S/C9H8F3IN2O3/c10-9(11,12)18-8-4(3-14)1-6(13)15-5(8)2-7(16)17/h1H,2-3,14H2,(H,16,17). The van der Waals surface area contributed by atoms with E-state index in [2.05, 4.69) is 9.72 Å². The fourth-order valence-corrected chi connectivity index (χ4v) is 1.93. The first-order valence-corrected chi connectivity index (χ1v) is 5.66. The monoisotopic (exact) mass is 376 g/mol. The average Bonchev–Trinajstić information content (AvgIpc) is 2.19. The SMILES string of the molecule is NCc1cc(I)nc(CC(=O)O)c1OC(F)(F)F. The van der Waals surface area contributed by atoms with Crippen molar-refractivity contribution in [3.63, 3.8) is 0 Å². The van der Waals surface area contributed by atoms with E-state index < -0.39 is 24.5 Å². The molecule has 0 saturated carbocycles. The molecule has 3 N–H and O–H groups in total. The average molecular weight is 376 g/mol. The summed E-state index contributed by atoms with van der Waals surface area (Å²) in [6, 6.07) is 1.31. The van der Waals surface area contributed by atoms with Gasteiger partial charge in [0.2, 0.25) is 0 Å². The lowest BCUT2D eigenvalue weighted by atomic mass is 10.1. The quantitative estimate of drug-likeness (QED) is 0.617. The molecule has 0 fully saturated rings. The number of carboxylic acids is 1. The van der Waals surface area contributed by atoms with Gasteiger partial charge in [0.15, 0.2) is 5.75 Å². The molecule has 0 aliphatic carbocycles. The minimum atomic E-state index is -4.92. The van der Waals surface area contributed by atoms with Crippen LogP contribution in [0, 0.1) is 3.70 Å². The molecular formula is C9H8F3IN2O3. The highest BCUT2D eigenvalue weighted by atomic mass is 127. The number of halogens is 4. The van der Waals surface area contributed by atoms with Gasteiger partial charge in [0.25, 0.3) is 0 Å². The maximum absolute atomic E-state index is 12.2. The van der Waals surface area contributed by atoms with Crippen molar-refractivity contribution in [1.29, 1.82) is 0 Å². The van der Waals surface area contributed by atoms with Crippen molar-refractivity contribution in [2.45, 2.75) is 19.3 Å². The van der Waals surface area contributed by atoms with Gasteiger partial charge in [-0.1, -0.05) is 0 Å². The van der Waals surface area contributed by atoms with Gasteiger partial charge in [-0.05, 0) is 28.7 Å². The van der Waals surface area contributed by atoms with Crippen LogP contribution in [0.1, 0.15) is 11.3 Å². The predicted molar refractivity (Wildman–Crippen MR) is 62.9 cm³/mol. The Balaban J connectivity index is 3.28. The van der Waals surface area contributed by atoms with E-state index >= 15 is 0 Å². The summed E-state index contributed by atoms with van der Waals surface area (Å²) in [4.78, 5) is 14.3. The maximum atomic E-state index is 12.2. The first kappa shape index (κ1) is 15.0. The lowest BCUT2D eigenvalue weighted by Gasteiger charge is -2.15. The number of pyridine rings is 1. The molecule has 0 radical (unpaired) electrons. The van der Waals surface area contributed by atoms with Gasteiger partial charge < -0.3 is 15.6 Å². The molecule has 100 valence electrons. The zero-order chi connectivity index (χ0) is 13.9. The third kappa shape index (κ3) is 4.29. The molecule has 1 heterocycles. The van der Waals surface area contributed by atoms with E-state index in [1.807, 2.05) is 0 Å². The van der Waals surface area contributed by atoms with E-state index in [1.165, 1.54) is 6.07 Å². The maximum Gasteiger partial charge on any atom is 0.573 e. The minimum absolute atomic E-state index is 0.0583. The van der Waals surface area contributed by atoms with Crippen LogP contribution in [0.4, 0.5) is 13.2 Å². The molecular weight excluding hydrogens is 368 g/mol. The number of rotatable bonds is 4. The second kappa shape index (κ2) is 5.69. The Bertz CT molecular complexity index is 465. The Morgan fingerprint density at radius 2 is 2.17 bits per heavy atom. The Hall–Kier alpha value is -1.10. The molecule has 0 aliphatic rings. The van der Waals surface area contributed by atoms with Crippen molar-refractivity contribution >= 4 is 28.6 Å². The summed E-state index contributed by atoms with van der Waals surface area (Å²) in [5.41, 5.74) is 5.07. The topological polar surface area (TPSA) is 85.4 Å². The summed E-state index contributed by atoms with van der Waals surface area (Å²) in [5.74, 6) is -1.94. The Morgan fingerprint density at radius 3 is 2.61 bits per heavy atom. The second-order valence-electron chi connectivity index (χ2n) is 3.20. The summed E-state index contributed by atoms with van der Waals surface area (Å²) in [6.45, 7) is -0.212. The number of ether oxygens (including phenoxy) is 1. The van der Waals surface area contributed by atoms with E-state index in [0.29, 0.717) is 3.70 Å².